The van der Waals surface area contributed by atoms with Gasteiger partial charge in [0.25, 0.3) is 0 Å². The van der Waals surface area contributed by atoms with Crippen molar-refractivity contribution in [2.24, 2.45) is 5.92 Å². The molecule has 0 heterocycles. The number of rotatable bonds is 36. The molecule has 0 radical (unpaired) electrons. The van der Waals surface area contributed by atoms with E-state index in [2.05, 4.69) is 45.2 Å². The van der Waals surface area contributed by atoms with Crippen LogP contribution in [0, 0.1) is 5.92 Å². The predicted octanol–water partition coefficient (Wildman–Crippen LogP) is 11.6. The van der Waals surface area contributed by atoms with Crippen molar-refractivity contribution in [3.63, 3.8) is 0 Å². The normalized spacial score (nSPS) is 13.0. The van der Waals surface area contributed by atoms with Gasteiger partial charge in [-0.15, -0.1) is 0 Å². The second kappa shape index (κ2) is 35.2. The summed E-state index contributed by atoms with van der Waals surface area (Å²) in [6.07, 6.45) is 35.0. The Kier molecular flexibility index (Phi) is 34.7. The molecule has 0 saturated carbocycles. The SMILES string of the molecule is CCCCCCCCCCC(CCCCCCC(=O)OCC(CCCCCC)CCCCCCCC)NOCCCN(C)C. The van der Waals surface area contributed by atoms with Crippen molar-refractivity contribution in [2.45, 2.75) is 207 Å². The first kappa shape index (κ1) is 43.4. The van der Waals surface area contributed by atoms with Crippen molar-refractivity contribution in [3.05, 3.63) is 0 Å². The zero-order chi connectivity index (χ0) is 32.4. The number of hydrogen-bond donors (Lipinski definition) is 1. The van der Waals surface area contributed by atoms with Crippen LogP contribution in [-0.2, 0) is 14.4 Å². The van der Waals surface area contributed by atoms with Gasteiger partial charge < -0.3 is 14.5 Å². The van der Waals surface area contributed by atoms with Crippen LogP contribution in [0.5, 0.6) is 0 Å². The zero-order valence-electron chi connectivity index (χ0n) is 30.7. The van der Waals surface area contributed by atoms with Crippen LogP contribution in [0.25, 0.3) is 0 Å². The van der Waals surface area contributed by atoms with Crippen LogP contribution in [-0.4, -0.2) is 50.8 Å². The van der Waals surface area contributed by atoms with Crippen LogP contribution in [0.3, 0.4) is 0 Å². The summed E-state index contributed by atoms with van der Waals surface area (Å²) in [5, 5.41) is 0. The van der Waals surface area contributed by atoms with Gasteiger partial charge in [0.2, 0.25) is 0 Å². The highest BCUT2D eigenvalue weighted by Gasteiger charge is 2.13. The molecule has 5 heteroatoms. The molecular formula is C39H80N2O3. The maximum absolute atomic E-state index is 12.5. The molecule has 2 atom stereocenters. The molecule has 0 aromatic carbocycles. The quantitative estimate of drug-likeness (QED) is 0.0427. The molecule has 1 N–H and O–H groups in total. The number of hydroxylamine groups is 1. The van der Waals surface area contributed by atoms with Crippen LogP contribution >= 0.6 is 0 Å². The Balaban J connectivity index is 4.21. The molecule has 0 aliphatic heterocycles. The monoisotopic (exact) mass is 625 g/mol. The summed E-state index contributed by atoms with van der Waals surface area (Å²) >= 11 is 0. The second-order valence-corrected chi connectivity index (χ2v) is 14.0. The van der Waals surface area contributed by atoms with Crippen molar-refractivity contribution in [3.8, 4) is 0 Å². The van der Waals surface area contributed by atoms with Gasteiger partial charge in [-0.1, -0.05) is 156 Å². The van der Waals surface area contributed by atoms with Crippen molar-refractivity contribution in [1.29, 1.82) is 0 Å². The van der Waals surface area contributed by atoms with Gasteiger partial charge in [0.05, 0.1) is 13.2 Å². The third-order valence-electron chi connectivity index (χ3n) is 9.10. The summed E-state index contributed by atoms with van der Waals surface area (Å²) in [5.41, 5.74) is 3.40. The Morgan fingerprint density at radius 2 is 1.00 bits per heavy atom. The van der Waals surface area contributed by atoms with Crippen LogP contribution < -0.4 is 5.48 Å². The summed E-state index contributed by atoms with van der Waals surface area (Å²) < 4.78 is 5.80. The lowest BCUT2D eigenvalue weighted by molar-refractivity contribution is -0.145. The molecule has 0 saturated heterocycles. The van der Waals surface area contributed by atoms with Gasteiger partial charge >= 0.3 is 5.97 Å². The van der Waals surface area contributed by atoms with Gasteiger partial charge in [0.15, 0.2) is 0 Å². The maximum Gasteiger partial charge on any atom is 0.305 e. The van der Waals surface area contributed by atoms with Crippen LogP contribution in [0.4, 0.5) is 0 Å². The number of nitrogens with one attached hydrogen (secondary N) is 1. The summed E-state index contributed by atoms with van der Waals surface area (Å²) in [6.45, 7) is 9.30. The fraction of sp³-hybridized carbons (Fsp3) is 0.974. The van der Waals surface area contributed by atoms with E-state index in [1.165, 1.54) is 148 Å². The van der Waals surface area contributed by atoms with Gasteiger partial charge in [0.1, 0.15) is 0 Å². The van der Waals surface area contributed by atoms with E-state index in [1.807, 2.05) is 0 Å². The van der Waals surface area contributed by atoms with E-state index in [4.69, 9.17) is 9.57 Å². The van der Waals surface area contributed by atoms with Crippen LogP contribution in [0.15, 0.2) is 0 Å². The second-order valence-electron chi connectivity index (χ2n) is 14.0. The molecular weight excluding hydrogens is 544 g/mol. The fourth-order valence-corrected chi connectivity index (χ4v) is 6.10. The lowest BCUT2D eigenvalue weighted by Crippen LogP contribution is -2.30. The topological polar surface area (TPSA) is 50.8 Å². The van der Waals surface area contributed by atoms with Crippen molar-refractivity contribution in [2.75, 3.05) is 33.9 Å². The largest absolute Gasteiger partial charge is 0.465 e. The van der Waals surface area contributed by atoms with Gasteiger partial charge in [0, 0.05) is 12.5 Å². The number of hydrogen-bond acceptors (Lipinski definition) is 5. The predicted molar refractivity (Wildman–Crippen MR) is 192 cm³/mol. The molecule has 0 rings (SSSR count). The molecule has 0 aromatic rings. The number of nitrogens with zero attached hydrogens (tertiary/aromatic N) is 1. The molecule has 0 aliphatic rings. The van der Waals surface area contributed by atoms with E-state index in [1.54, 1.807) is 0 Å². The van der Waals surface area contributed by atoms with Crippen molar-refractivity contribution in [1.82, 2.24) is 10.4 Å². The molecule has 2 unspecified atom stereocenters. The zero-order valence-corrected chi connectivity index (χ0v) is 30.7. The Labute approximate surface area is 276 Å². The Bertz CT molecular complexity index is 572. The highest BCUT2D eigenvalue weighted by molar-refractivity contribution is 5.69. The first-order valence-electron chi connectivity index (χ1n) is 19.7. The molecule has 0 fully saturated rings. The standard InChI is InChI=1S/C39H80N2O3/c1-6-9-12-15-17-18-20-25-31-38(40-44-35-28-34-41(4)5)32-26-21-22-27-33-39(42)43-36-37(29-23-14-11-8-3)30-24-19-16-13-10-7-2/h37-38,40H,6-36H2,1-5H3. The summed E-state index contributed by atoms with van der Waals surface area (Å²) in [5.74, 6) is 0.574. The van der Waals surface area contributed by atoms with E-state index in [-0.39, 0.29) is 5.97 Å². The molecule has 0 amide bonds. The molecule has 0 aliphatic carbocycles. The first-order chi connectivity index (χ1) is 21.5. The number of ether oxygens (including phenoxy) is 1. The van der Waals surface area contributed by atoms with Crippen LogP contribution in [0.1, 0.15) is 201 Å². The van der Waals surface area contributed by atoms with E-state index in [0.29, 0.717) is 25.0 Å². The highest BCUT2D eigenvalue weighted by atomic mass is 16.6. The Morgan fingerprint density at radius 3 is 1.50 bits per heavy atom. The van der Waals surface area contributed by atoms with Crippen molar-refractivity contribution < 1.29 is 14.4 Å². The van der Waals surface area contributed by atoms with Gasteiger partial charge in [-0.25, -0.2) is 0 Å². The Morgan fingerprint density at radius 1 is 0.568 bits per heavy atom. The first-order valence-corrected chi connectivity index (χ1v) is 19.7. The number of esters is 1. The highest BCUT2D eigenvalue weighted by Crippen LogP contribution is 2.20. The average Bonchev–Trinajstić information content (AvgIpc) is 3.01. The minimum Gasteiger partial charge on any atom is -0.465 e. The number of carbonyl (C=O) groups excluding carboxylic acids is 1. The third kappa shape index (κ3) is 32.7. The lowest BCUT2D eigenvalue weighted by atomic mass is 9.95. The minimum atomic E-state index is 0.0202. The van der Waals surface area contributed by atoms with Gasteiger partial charge in [-0.3, -0.25) is 4.79 Å². The van der Waals surface area contributed by atoms with Gasteiger partial charge in [-0.2, -0.15) is 5.48 Å². The van der Waals surface area contributed by atoms with Gasteiger partial charge in [-0.05, 0) is 65.1 Å². The lowest BCUT2D eigenvalue weighted by Gasteiger charge is -2.19. The number of carbonyl (C=O) groups is 1. The van der Waals surface area contributed by atoms with Crippen molar-refractivity contribution >= 4 is 5.97 Å². The average molecular weight is 625 g/mol. The molecule has 0 aromatic heterocycles. The number of unbranched alkanes of at least 4 members (excludes halogenated alkanes) is 18. The summed E-state index contributed by atoms with van der Waals surface area (Å²) in [4.78, 5) is 20.6. The Hall–Kier alpha value is -0.650. The molecule has 264 valence electrons. The van der Waals surface area contributed by atoms with E-state index >= 15 is 0 Å². The molecule has 0 bridgehead atoms. The molecule has 44 heavy (non-hydrogen) atoms. The van der Waals surface area contributed by atoms with E-state index in [0.717, 1.165) is 38.8 Å². The molecule has 0 spiro atoms. The van der Waals surface area contributed by atoms with E-state index in [9.17, 15) is 4.79 Å². The maximum atomic E-state index is 12.5. The fourth-order valence-electron chi connectivity index (χ4n) is 6.10. The van der Waals surface area contributed by atoms with Crippen LogP contribution in [0.2, 0.25) is 0 Å². The smallest absolute Gasteiger partial charge is 0.305 e. The summed E-state index contributed by atoms with van der Waals surface area (Å²) in [6, 6.07) is 0.445. The summed E-state index contributed by atoms with van der Waals surface area (Å²) in [7, 11) is 4.23. The molecule has 5 nitrogen and oxygen atoms in total. The van der Waals surface area contributed by atoms with E-state index < -0.39 is 0 Å². The third-order valence-corrected chi connectivity index (χ3v) is 9.10. The minimum absolute atomic E-state index is 0.0202.